The van der Waals surface area contributed by atoms with Gasteiger partial charge in [0.2, 0.25) is 0 Å². The topological polar surface area (TPSA) is 46.6 Å². The maximum absolute atomic E-state index is 5.83. The Morgan fingerprint density at radius 3 is 1.98 bits per heavy atom. The van der Waals surface area contributed by atoms with Crippen LogP contribution in [0, 0.1) is 33.6 Å². The quantitative estimate of drug-likeness (QED) is 0.188. The molecule has 0 unspecified atom stereocenters. The number of anilines is 1. The summed E-state index contributed by atoms with van der Waals surface area (Å²) in [6.07, 6.45) is 9.58. The van der Waals surface area contributed by atoms with E-state index >= 15 is 0 Å². The molecule has 0 amide bonds. The van der Waals surface area contributed by atoms with E-state index in [-0.39, 0.29) is 0 Å². The second-order valence-corrected chi connectivity index (χ2v) is 15.5. The molecule has 3 aromatic rings. The number of rotatable bonds is 10. The molecule has 2 aromatic carbocycles. The summed E-state index contributed by atoms with van der Waals surface area (Å²) in [6, 6.07) is 14.3. The van der Waals surface area contributed by atoms with Gasteiger partial charge in [-0.05, 0) is 150 Å². The first-order valence-corrected chi connectivity index (χ1v) is 17.7. The normalized spacial score (nSPS) is 19.1. The van der Waals surface area contributed by atoms with Crippen LogP contribution in [0.2, 0.25) is 0 Å². The number of benzene rings is 2. The predicted octanol–water partition coefficient (Wildman–Crippen LogP) is 7.66. The van der Waals surface area contributed by atoms with Crippen molar-refractivity contribution in [3.05, 3.63) is 81.7 Å². The molecule has 1 N–H and O–H groups in total. The van der Waals surface area contributed by atoms with Gasteiger partial charge < -0.3 is 19.7 Å². The molecule has 0 radical (unpaired) electrons. The van der Waals surface area contributed by atoms with Gasteiger partial charge in [-0.1, -0.05) is 17.6 Å². The number of allylic oxidation sites excluding steroid dienone is 2. The summed E-state index contributed by atoms with van der Waals surface area (Å²) in [5, 5.41) is 6.88. The van der Waals surface area contributed by atoms with E-state index in [9.17, 15) is 0 Å². The Morgan fingerprint density at radius 2 is 1.43 bits per heavy atom. The first kappa shape index (κ1) is 32.5. The Balaban J connectivity index is 1.60. The molecule has 3 atom stereocenters. The molecule has 6 heteroatoms. The highest BCUT2D eigenvalue weighted by molar-refractivity contribution is 7.73. The van der Waals surface area contributed by atoms with Gasteiger partial charge in [0, 0.05) is 44.2 Å². The number of ether oxygens (including phenoxy) is 2. The third kappa shape index (κ3) is 6.70. The van der Waals surface area contributed by atoms with Gasteiger partial charge >= 0.3 is 0 Å². The lowest BCUT2D eigenvalue weighted by Gasteiger charge is -2.37. The minimum atomic E-state index is -0.689. The molecule has 2 aliphatic carbocycles. The van der Waals surface area contributed by atoms with Crippen LogP contribution < -0.4 is 30.3 Å². The van der Waals surface area contributed by atoms with Crippen LogP contribution in [0.1, 0.15) is 73.4 Å². The Labute approximate surface area is 267 Å². The van der Waals surface area contributed by atoms with Crippen molar-refractivity contribution in [3.63, 3.8) is 0 Å². The molecule has 0 saturated heterocycles. The number of nitrogens with one attached hydrogen (secondary N) is 1. The zero-order valence-corrected chi connectivity index (χ0v) is 29.3. The summed E-state index contributed by atoms with van der Waals surface area (Å²) < 4.78 is 11.7. The number of aromatic nitrogens is 1. The lowest BCUT2D eigenvalue weighted by Crippen LogP contribution is -2.40. The average Bonchev–Trinajstić information content (AvgIpc) is 3.17. The van der Waals surface area contributed by atoms with Gasteiger partial charge in [0.1, 0.15) is 11.5 Å². The SMILES string of the molecule is COc1c(C)cc(P(c2cc(C)c(OC)c(C)c2)[C@H]2C3=C(CCCCC3)C[C@H]2[C@@H](C)NCc2cc(N(C)C)ccn2)cc1C. The third-order valence-electron chi connectivity index (χ3n) is 9.82. The summed E-state index contributed by atoms with van der Waals surface area (Å²) >= 11 is 0. The fourth-order valence-electron chi connectivity index (χ4n) is 7.71. The lowest BCUT2D eigenvalue weighted by molar-refractivity contribution is 0.382. The number of hydrogen-bond donors (Lipinski definition) is 1. The fraction of sp³-hybridized carbons (Fsp3) is 0.500. The molecule has 5 nitrogen and oxygen atoms in total. The van der Waals surface area contributed by atoms with Crippen LogP contribution in [-0.2, 0) is 6.54 Å². The first-order valence-electron chi connectivity index (χ1n) is 16.3. The number of nitrogens with zero attached hydrogens (tertiary/aromatic N) is 2. The van der Waals surface area contributed by atoms with Crippen LogP contribution in [0.15, 0.2) is 53.7 Å². The highest BCUT2D eigenvalue weighted by atomic mass is 31.1. The largest absolute Gasteiger partial charge is 0.496 e. The zero-order chi connectivity index (χ0) is 31.5. The number of hydrogen-bond acceptors (Lipinski definition) is 5. The molecule has 1 aromatic heterocycles. The summed E-state index contributed by atoms with van der Waals surface area (Å²) in [4.78, 5) is 6.85. The van der Waals surface area contributed by atoms with Gasteiger partial charge in [0.15, 0.2) is 0 Å². The van der Waals surface area contributed by atoms with E-state index in [2.05, 4.69) is 95.3 Å². The minimum Gasteiger partial charge on any atom is -0.496 e. The van der Waals surface area contributed by atoms with Crippen molar-refractivity contribution in [1.29, 1.82) is 0 Å². The van der Waals surface area contributed by atoms with Crippen molar-refractivity contribution < 1.29 is 9.47 Å². The molecular weight excluding hydrogens is 561 g/mol. The second kappa shape index (κ2) is 14.0. The number of pyridine rings is 1. The fourth-order valence-corrected chi connectivity index (χ4v) is 11.4. The van der Waals surface area contributed by atoms with Gasteiger partial charge in [0.05, 0.1) is 19.9 Å². The highest BCUT2D eigenvalue weighted by Crippen LogP contribution is 2.56. The van der Waals surface area contributed by atoms with Crippen molar-refractivity contribution in [1.82, 2.24) is 10.3 Å². The van der Waals surface area contributed by atoms with Crippen molar-refractivity contribution in [3.8, 4) is 11.5 Å². The Kier molecular flexibility index (Phi) is 10.4. The Hall–Kier alpha value is -2.88. The standard InChI is InChI=1S/C38H52N3O2P/c1-24-17-32(18-25(2)36(24)42-8)44(33-19-26(3)37(43-9)27(4)20-33)38-34-14-12-10-11-13-29(34)21-35(38)28(5)40-23-30-22-31(41(6)7)15-16-39-30/h15-20,22,28,35,38,40H,10-14,21,23H2,1-9H3/t28-,35+,38+/m1/s1. The van der Waals surface area contributed by atoms with E-state index in [1.54, 1.807) is 25.4 Å². The van der Waals surface area contributed by atoms with Crippen molar-refractivity contribution in [2.75, 3.05) is 33.2 Å². The molecule has 2 aliphatic rings. The minimum absolute atomic E-state index is 0.350. The van der Waals surface area contributed by atoms with Crippen LogP contribution in [-0.4, -0.2) is 45.0 Å². The van der Waals surface area contributed by atoms with Gasteiger partial charge in [-0.2, -0.15) is 0 Å². The third-order valence-corrected chi connectivity index (χ3v) is 12.7. The summed E-state index contributed by atoms with van der Waals surface area (Å²) in [5.41, 5.74) is 11.2. The maximum atomic E-state index is 5.83. The molecule has 0 spiro atoms. The van der Waals surface area contributed by atoms with Crippen molar-refractivity contribution >= 4 is 24.2 Å². The molecule has 0 aliphatic heterocycles. The van der Waals surface area contributed by atoms with E-state index < -0.39 is 7.92 Å². The van der Waals surface area contributed by atoms with Crippen LogP contribution in [0.4, 0.5) is 5.69 Å². The number of aryl methyl sites for hydroxylation is 4. The molecule has 0 saturated carbocycles. The van der Waals surface area contributed by atoms with Gasteiger partial charge in [-0.3, -0.25) is 4.98 Å². The van der Waals surface area contributed by atoms with E-state index in [0.29, 0.717) is 17.6 Å². The van der Waals surface area contributed by atoms with Crippen LogP contribution in [0.5, 0.6) is 11.5 Å². The molecule has 44 heavy (non-hydrogen) atoms. The van der Waals surface area contributed by atoms with E-state index in [0.717, 1.165) is 23.7 Å². The van der Waals surface area contributed by atoms with Gasteiger partial charge in [-0.15, -0.1) is 0 Å². The first-order chi connectivity index (χ1) is 21.1. The molecule has 1 heterocycles. The van der Waals surface area contributed by atoms with E-state index in [4.69, 9.17) is 14.5 Å². The highest BCUT2D eigenvalue weighted by Gasteiger charge is 2.43. The van der Waals surface area contributed by atoms with Gasteiger partial charge in [-0.25, -0.2) is 0 Å². The summed E-state index contributed by atoms with van der Waals surface area (Å²) in [6.45, 7) is 12.0. The van der Waals surface area contributed by atoms with Gasteiger partial charge in [0.25, 0.3) is 0 Å². The Bertz CT molecular complexity index is 1410. The second-order valence-electron chi connectivity index (χ2n) is 13.2. The Morgan fingerprint density at radius 1 is 0.864 bits per heavy atom. The van der Waals surface area contributed by atoms with Crippen LogP contribution in [0.25, 0.3) is 0 Å². The lowest BCUT2D eigenvalue weighted by atomic mass is 9.94. The van der Waals surface area contributed by atoms with Crippen molar-refractivity contribution in [2.24, 2.45) is 5.92 Å². The molecular formula is C38H52N3O2P. The average molecular weight is 614 g/mol. The summed E-state index contributed by atoms with van der Waals surface area (Å²) in [7, 11) is 7.07. The van der Waals surface area contributed by atoms with Crippen molar-refractivity contribution in [2.45, 2.75) is 91.4 Å². The van der Waals surface area contributed by atoms with E-state index in [1.165, 1.54) is 77.1 Å². The van der Waals surface area contributed by atoms with Crippen LogP contribution >= 0.6 is 7.92 Å². The molecule has 0 fully saturated rings. The maximum Gasteiger partial charge on any atom is 0.124 e. The monoisotopic (exact) mass is 613 g/mol. The smallest absolute Gasteiger partial charge is 0.124 e. The van der Waals surface area contributed by atoms with Crippen LogP contribution in [0.3, 0.4) is 0 Å². The van der Waals surface area contributed by atoms with E-state index in [1.807, 2.05) is 6.20 Å². The zero-order valence-electron chi connectivity index (χ0n) is 28.4. The molecule has 5 rings (SSSR count). The predicted molar refractivity (Wildman–Crippen MR) is 188 cm³/mol. The molecule has 236 valence electrons. The summed E-state index contributed by atoms with van der Waals surface area (Å²) in [5.74, 6) is 2.53. The molecule has 0 bridgehead atoms. The number of methoxy groups -OCH3 is 2.